The van der Waals surface area contributed by atoms with Crippen molar-refractivity contribution < 1.29 is 0 Å². The van der Waals surface area contributed by atoms with Crippen LogP contribution in [0.1, 0.15) is 6.92 Å². The lowest BCUT2D eigenvalue weighted by Crippen LogP contribution is -1.61. The van der Waals surface area contributed by atoms with Crippen LogP contribution in [-0.4, -0.2) is 0 Å². The molecule has 0 unspecified atom stereocenters. The van der Waals surface area contributed by atoms with Crippen LogP contribution < -0.4 is 0 Å². The van der Waals surface area contributed by atoms with E-state index in [2.05, 4.69) is 15.9 Å². The molecule has 0 aliphatic heterocycles. The molecule has 0 bridgehead atoms. The van der Waals surface area contributed by atoms with Crippen LogP contribution in [0, 0.1) is 11.3 Å². The smallest absolute Gasteiger partial charge is 0.0587 e. The molecule has 0 aromatic heterocycles. The van der Waals surface area contributed by atoms with Gasteiger partial charge in [-0.3, -0.25) is 0 Å². The molecule has 1 aromatic rings. The molecule has 0 spiro atoms. The Balaban J connectivity index is 0.000000292. The maximum atomic E-state index is 7.32. The second kappa shape index (κ2) is 6.21. The van der Waals surface area contributed by atoms with E-state index in [1.807, 2.05) is 24.3 Å². The molecular weight excluding hydrogens is 225 g/mol. The minimum Gasteiger partial charge on any atom is -0.199 e. The lowest BCUT2D eigenvalue weighted by atomic mass is 10.4. The Morgan fingerprint density at radius 3 is 2.36 bits per heavy atom. The third-order valence-electron chi connectivity index (χ3n) is 0.787. The van der Waals surface area contributed by atoms with Gasteiger partial charge in [-0.15, -0.1) is 0 Å². The molecule has 1 rings (SSSR count). The lowest BCUT2D eigenvalue weighted by Gasteiger charge is -1.87. The highest BCUT2D eigenvalue weighted by Crippen LogP contribution is 2.14. The second-order valence-corrected chi connectivity index (χ2v) is 3.02. The van der Waals surface area contributed by atoms with Crippen LogP contribution in [0.25, 0.3) is 0 Å². The number of benzene rings is 1. The molecule has 0 saturated heterocycles. The Labute approximate surface area is 79.7 Å². The Kier molecular flexibility index (Phi) is 5.91. The van der Waals surface area contributed by atoms with Gasteiger partial charge in [-0.1, -0.05) is 33.6 Å². The standard InChI is InChI=1S/C6H4BrCl.C2H3N/c7-5-2-1-3-6(8)4-5;1-2-3/h1-4H;1H3. The summed E-state index contributed by atoms with van der Waals surface area (Å²) >= 11 is 8.89. The third-order valence-corrected chi connectivity index (χ3v) is 1.52. The Hall–Kier alpha value is -0.520. The molecule has 0 radical (unpaired) electrons. The average molecular weight is 233 g/mol. The zero-order chi connectivity index (χ0) is 8.69. The summed E-state index contributed by atoms with van der Waals surface area (Å²) in [5.41, 5.74) is 0. The summed E-state index contributed by atoms with van der Waals surface area (Å²) < 4.78 is 1.02. The van der Waals surface area contributed by atoms with Crippen LogP contribution in [0.5, 0.6) is 0 Å². The van der Waals surface area contributed by atoms with Crippen molar-refractivity contribution in [2.45, 2.75) is 6.92 Å². The fourth-order valence-corrected chi connectivity index (χ4v) is 1.18. The van der Waals surface area contributed by atoms with E-state index < -0.39 is 0 Å². The highest BCUT2D eigenvalue weighted by atomic mass is 79.9. The number of hydrogen-bond donors (Lipinski definition) is 0. The van der Waals surface area contributed by atoms with Crippen molar-refractivity contribution in [1.82, 2.24) is 0 Å². The van der Waals surface area contributed by atoms with Gasteiger partial charge in [0.25, 0.3) is 0 Å². The van der Waals surface area contributed by atoms with Gasteiger partial charge in [-0.05, 0) is 18.2 Å². The first-order valence-corrected chi connectivity index (χ1v) is 4.09. The van der Waals surface area contributed by atoms with Gasteiger partial charge >= 0.3 is 0 Å². The topological polar surface area (TPSA) is 23.8 Å². The van der Waals surface area contributed by atoms with E-state index in [-0.39, 0.29) is 0 Å². The van der Waals surface area contributed by atoms with Gasteiger partial charge in [0.05, 0.1) is 6.07 Å². The molecule has 1 nitrogen and oxygen atoms in total. The predicted molar refractivity (Wildman–Crippen MR) is 50.4 cm³/mol. The van der Waals surface area contributed by atoms with E-state index in [1.54, 1.807) is 6.07 Å². The fourth-order valence-electron chi connectivity index (χ4n) is 0.460. The summed E-state index contributed by atoms with van der Waals surface area (Å²) in [6.07, 6.45) is 0. The maximum Gasteiger partial charge on any atom is 0.0587 e. The van der Waals surface area contributed by atoms with Gasteiger partial charge in [-0.25, -0.2) is 0 Å². The van der Waals surface area contributed by atoms with E-state index in [4.69, 9.17) is 16.9 Å². The van der Waals surface area contributed by atoms with E-state index in [0.717, 1.165) is 9.50 Å². The normalized spacial score (nSPS) is 7.45. The first-order valence-electron chi connectivity index (χ1n) is 2.92. The van der Waals surface area contributed by atoms with E-state index in [0.29, 0.717) is 0 Å². The van der Waals surface area contributed by atoms with Gasteiger partial charge in [0.1, 0.15) is 0 Å². The van der Waals surface area contributed by atoms with Crippen molar-refractivity contribution in [1.29, 1.82) is 5.26 Å². The zero-order valence-electron chi connectivity index (χ0n) is 6.01. The zero-order valence-corrected chi connectivity index (χ0v) is 8.35. The van der Waals surface area contributed by atoms with Crippen LogP contribution in [0.2, 0.25) is 5.02 Å². The summed E-state index contributed by atoms with van der Waals surface area (Å²) in [5.74, 6) is 0. The number of halogens is 2. The molecule has 58 valence electrons. The summed E-state index contributed by atoms with van der Waals surface area (Å²) in [5, 5.41) is 8.08. The lowest BCUT2D eigenvalue weighted by molar-refractivity contribution is 1.49. The molecule has 0 N–H and O–H groups in total. The molecule has 0 amide bonds. The van der Waals surface area contributed by atoms with Crippen molar-refractivity contribution in [2.75, 3.05) is 0 Å². The van der Waals surface area contributed by atoms with E-state index in [1.165, 1.54) is 6.92 Å². The van der Waals surface area contributed by atoms with Crippen LogP contribution in [-0.2, 0) is 0 Å². The second-order valence-electron chi connectivity index (χ2n) is 1.66. The Morgan fingerprint density at radius 1 is 1.55 bits per heavy atom. The van der Waals surface area contributed by atoms with Crippen molar-refractivity contribution in [2.24, 2.45) is 0 Å². The summed E-state index contributed by atoms with van der Waals surface area (Å²) in [6, 6.07) is 9.27. The SMILES string of the molecule is CC#N.Clc1cccc(Br)c1. The maximum absolute atomic E-state index is 7.32. The van der Waals surface area contributed by atoms with Crippen molar-refractivity contribution in [3.63, 3.8) is 0 Å². The van der Waals surface area contributed by atoms with Crippen LogP contribution in [0.4, 0.5) is 0 Å². The summed E-state index contributed by atoms with van der Waals surface area (Å²) in [4.78, 5) is 0. The molecule has 0 aliphatic carbocycles. The van der Waals surface area contributed by atoms with Crippen LogP contribution in [0.15, 0.2) is 28.7 Å². The number of rotatable bonds is 0. The molecule has 0 heterocycles. The molecule has 0 atom stereocenters. The van der Waals surface area contributed by atoms with E-state index >= 15 is 0 Å². The first-order chi connectivity index (χ1) is 5.20. The third kappa shape index (κ3) is 5.90. The minimum absolute atomic E-state index is 0.763. The fraction of sp³-hybridized carbons (Fsp3) is 0.125. The minimum atomic E-state index is 0.763. The van der Waals surface area contributed by atoms with E-state index in [9.17, 15) is 0 Å². The van der Waals surface area contributed by atoms with Crippen LogP contribution in [0.3, 0.4) is 0 Å². The molecule has 11 heavy (non-hydrogen) atoms. The highest BCUT2D eigenvalue weighted by molar-refractivity contribution is 9.10. The number of hydrogen-bond acceptors (Lipinski definition) is 1. The Morgan fingerprint density at radius 2 is 2.09 bits per heavy atom. The first kappa shape index (κ1) is 10.5. The number of nitriles is 1. The van der Waals surface area contributed by atoms with Crippen molar-refractivity contribution in [3.8, 4) is 6.07 Å². The van der Waals surface area contributed by atoms with Gasteiger partial charge in [-0.2, -0.15) is 5.26 Å². The molecule has 0 aliphatic rings. The molecule has 0 fully saturated rings. The molecule has 3 heteroatoms. The Bertz CT molecular complexity index is 237. The van der Waals surface area contributed by atoms with Gasteiger partial charge < -0.3 is 0 Å². The molecule has 0 saturated carbocycles. The monoisotopic (exact) mass is 231 g/mol. The quantitative estimate of drug-likeness (QED) is 0.670. The van der Waals surface area contributed by atoms with Gasteiger partial charge in [0.15, 0.2) is 0 Å². The van der Waals surface area contributed by atoms with Gasteiger partial charge in [0, 0.05) is 16.4 Å². The van der Waals surface area contributed by atoms with Crippen molar-refractivity contribution in [3.05, 3.63) is 33.8 Å². The van der Waals surface area contributed by atoms with Gasteiger partial charge in [0.2, 0.25) is 0 Å². The molecular formula is C8H7BrClN. The predicted octanol–water partition coefficient (Wildman–Crippen LogP) is 3.63. The number of nitrogens with zero attached hydrogens (tertiary/aromatic N) is 1. The summed E-state index contributed by atoms with van der Waals surface area (Å²) in [7, 11) is 0. The average Bonchev–Trinajstić information content (AvgIpc) is 1.88. The van der Waals surface area contributed by atoms with Crippen LogP contribution >= 0.6 is 27.5 Å². The molecule has 1 aromatic carbocycles. The highest BCUT2D eigenvalue weighted by Gasteiger charge is 1.84. The largest absolute Gasteiger partial charge is 0.199 e. The summed E-state index contributed by atoms with van der Waals surface area (Å²) in [6.45, 7) is 1.43. The van der Waals surface area contributed by atoms with Crippen molar-refractivity contribution >= 4 is 27.5 Å².